The van der Waals surface area contributed by atoms with Gasteiger partial charge in [0.15, 0.2) is 5.82 Å². The summed E-state index contributed by atoms with van der Waals surface area (Å²) in [4.78, 5) is 17.1. The fraction of sp³-hybridized carbons (Fsp3) is 0. The Bertz CT molecular complexity index is 416. The highest BCUT2D eigenvalue weighted by Gasteiger charge is 1.99. The van der Waals surface area contributed by atoms with E-state index in [1.54, 1.807) is 18.5 Å². The Morgan fingerprint density at radius 3 is 2.92 bits per heavy atom. The first-order chi connectivity index (χ1) is 5.86. The van der Waals surface area contributed by atoms with E-state index in [0.717, 1.165) is 5.56 Å². The molecule has 0 aliphatic carbocycles. The van der Waals surface area contributed by atoms with Gasteiger partial charge >= 0.3 is 5.69 Å². The lowest BCUT2D eigenvalue weighted by atomic mass is 10.3. The van der Waals surface area contributed by atoms with Gasteiger partial charge < -0.3 is 0 Å². The Hall–Kier alpha value is -1.91. The molecule has 0 amide bonds. The quantitative estimate of drug-likeness (QED) is 0.627. The first kappa shape index (κ1) is 6.78. The van der Waals surface area contributed by atoms with E-state index in [-0.39, 0.29) is 5.69 Å². The standard InChI is InChI=1S/C7H6N4O/c12-7-9-6(10-11-7)5-2-1-3-8-4-5/h1-4H,(H2,9,10,11,12). The fourth-order valence-corrected chi connectivity index (χ4v) is 0.910. The number of hydrogen-bond acceptors (Lipinski definition) is 3. The van der Waals surface area contributed by atoms with Crippen LogP contribution < -0.4 is 5.69 Å². The summed E-state index contributed by atoms with van der Waals surface area (Å²) >= 11 is 0. The minimum absolute atomic E-state index is 0.311. The summed E-state index contributed by atoms with van der Waals surface area (Å²) in [5.74, 6) is 0.508. The molecule has 12 heavy (non-hydrogen) atoms. The monoisotopic (exact) mass is 162 g/mol. The maximum Gasteiger partial charge on any atom is 0.340 e. The van der Waals surface area contributed by atoms with Gasteiger partial charge in [0.25, 0.3) is 0 Å². The maximum absolute atomic E-state index is 10.7. The Balaban J connectivity index is 2.51. The lowest BCUT2D eigenvalue weighted by Gasteiger charge is -1.90. The Morgan fingerprint density at radius 2 is 2.33 bits per heavy atom. The van der Waals surface area contributed by atoms with Gasteiger partial charge in [-0.3, -0.25) is 9.97 Å². The number of hydrogen-bond donors (Lipinski definition) is 2. The van der Waals surface area contributed by atoms with Gasteiger partial charge in [-0.25, -0.2) is 9.89 Å². The number of aromatic nitrogens is 4. The predicted molar refractivity (Wildman–Crippen MR) is 42.4 cm³/mol. The van der Waals surface area contributed by atoms with Crippen LogP contribution >= 0.6 is 0 Å². The highest BCUT2D eigenvalue weighted by atomic mass is 16.1. The summed E-state index contributed by atoms with van der Waals surface area (Å²) in [5, 5.41) is 6.03. The smallest absolute Gasteiger partial charge is 0.289 e. The van der Waals surface area contributed by atoms with Gasteiger partial charge in [0, 0.05) is 18.0 Å². The van der Waals surface area contributed by atoms with Crippen molar-refractivity contribution in [2.75, 3.05) is 0 Å². The Kier molecular flexibility index (Phi) is 1.48. The first-order valence-corrected chi connectivity index (χ1v) is 3.41. The molecule has 2 aromatic rings. The van der Waals surface area contributed by atoms with Crippen LogP contribution in [0.2, 0.25) is 0 Å². The molecule has 0 aromatic carbocycles. The number of aromatic amines is 2. The van der Waals surface area contributed by atoms with Crippen molar-refractivity contribution in [3.8, 4) is 11.4 Å². The van der Waals surface area contributed by atoms with E-state index in [1.165, 1.54) is 0 Å². The van der Waals surface area contributed by atoms with Crippen molar-refractivity contribution >= 4 is 0 Å². The Labute approximate surface area is 67.5 Å². The van der Waals surface area contributed by atoms with Gasteiger partial charge in [-0.2, -0.15) is 5.10 Å². The van der Waals surface area contributed by atoms with E-state index >= 15 is 0 Å². The second-order valence-corrected chi connectivity index (χ2v) is 2.27. The normalized spacial score (nSPS) is 10.0. The lowest BCUT2D eigenvalue weighted by Crippen LogP contribution is -2.00. The minimum atomic E-state index is -0.311. The van der Waals surface area contributed by atoms with Crippen molar-refractivity contribution in [1.82, 2.24) is 20.2 Å². The van der Waals surface area contributed by atoms with Crippen molar-refractivity contribution in [3.05, 3.63) is 35.0 Å². The molecular weight excluding hydrogens is 156 g/mol. The molecule has 2 N–H and O–H groups in total. The van der Waals surface area contributed by atoms with Crippen LogP contribution in [0.15, 0.2) is 29.3 Å². The molecule has 0 atom stereocenters. The van der Waals surface area contributed by atoms with E-state index in [9.17, 15) is 4.79 Å². The molecule has 60 valence electrons. The first-order valence-electron chi connectivity index (χ1n) is 3.41. The summed E-state index contributed by atoms with van der Waals surface area (Å²) in [6, 6.07) is 3.60. The van der Waals surface area contributed by atoms with Crippen molar-refractivity contribution in [2.24, 2.45) is 0 Å². The molecule has 0 radical (unpaired) electrons. The zero-order valence-electron chi connectivity index (χ0n) is 6.11. The molecular formula is C7H6N4O. The van der Waals surface area contributed by atoms with E-state index in [4.69, 9.17) is 0 Å². The lowest BCUT2D eigenvalue weighted by molar-refractivity contribution is 1.05. The summed E-state index contributed by atoms with van der Waals surface area (Å²) in [6.45, 7) is 0. The van der Waals surface area contributed by atoms with Crippen LogP contribution in [0.4, 0.5) is 0 Å². The highest BCUT2D eigenvalue weighted by molar-refractivity contribution is 5.51. The molecule has 2 aromatic heterocycles. The summed E-state index contributed by atoms with van der Waals surface area (Å²) in [6.07, 6.45) is 3.29. The minimum Gasteiger partial charge on any atom is -0.289 e. The van der Waals surface area contributed by atoms with Gasteiger partial charge in [0.2, 0.25) is 0 Å². The third-order valence-corrected chi connectivity index (χ3v) is 1.44. The average Bonchev–Trinajstić information content (AvgIpc) is 2.54. The maximum atomic E-state index is 10.7. The van der Waals surface area contributed by atoms with Crippen LogP contribution in [-0.4, -0.2) is 20.2 Å². The molecule has 0 saturated carbocycles. The van der Waals surface area contributed by atoms with Crippen LogP contribution in [0, 0.1) is 0 Å². The number of rotatable bonds is 1. The van der Waals surface area contributed by atoms with Gasteiger partial charge in [0.1, 0.15) is 0 Å². The summed E-state index contributed by atoms with van der Waals surface area (Å²) < 4.78 is 0. The molecule has 0 saturated heterocycles. The fourth-order valence-electron chi connectivity index (χ4n) is 0.910. The predicted octanol–water partition coefficient (Wildman–Crippen LogP) is 0.160. The second-order valence-electron chi connectivity index (χ2n) is 2.27. The number of pyridine rings is 1. The largest absolute Gasteiger partial charge is 0.340 e. The molecule has 5 heteroatoms. The van der Waals surface area contributed by atoms with E-state index in [2.05, 4.69) is 20.2 Å². The van der Waals surface area contributed by atoms with Crippen LogP contribution in [0.1, 0.15) is 0 Å². The molecule has 0 fully saturated rings. The summed E-state index contributed by atoms with van der Waals surface area (Å²) in [7, 11) is 0. The third kappa shape index (κ3) is 1.12. The highest BCUT2D eigenvalue weighted by Crippen LogP contribution is 2.08. The second kappa shape index (κ2) is 2.61. The Morgan fingerprint density at radius 1 is 1.42 bits per heavy atom. The van der Waals surface area contributed by atoms with Gasteiger partial charge in [0.05, 0.1) is 0 Å². The van der Waals surface area contributed by atoms with E-state index in [1.807, 2.05) is 6.07 Å². The van der Waals surface area contributed by atoms with Gasteiger partial charge in [-0.15, -0.1) is 0 Å². The summed E-state index contributed by atoms with van der Waals surface area (Å²) in [5.41, 5.74) is 0.477. The molecule has 0 unspecified atom stereocenters. The number of H-pyrrole nitrogens is 2. The molecule has 0 aliphatic rings. The zero-order valence-corrected chi connectivity index (χ0v) is 6.11. The average molecular weight is 162 g/mol. The van der Waals surface area contributed by atoms with Crippen LogP contribution in [-0.2, 0) is 0 Å². The van der Waals surface area contributed by atoms with Crippen molar-refractivity contribution in [3.63, 3.8) is 0 Å². The molecule has 0 aliphatic heterocycles. The van der Waals surface area contributed by atoms with Crippen LogP contribution in [0.5, 0.6) is 0 Å². The molecule has 5 nitrogen and oxygen atoms in total. The topological polar surface area (TPSA) is 74.4 Å². The van der Waals surface area contributed by atoms with E-state index in [0.29, 0.717) is 5.82 Å². The molecule has 2 rings (SSSR count). The van der Waals surface area contributed by atoms with Gasteiger partial charge in [-0.05, 0) is 12.1 Å². The van der Waals surface area contributed by atoms with Gasteiger partial charge in [-0.1, -0.05) is 0 Å². The van der Waals surface area contributed by atoms with Crippen molar-refractivity contribution in [2.45, 2.75) is 0 Å². The molecule has 2 heterocycles. The van der Waals surface area contributed by atoms with Crippen molar-refractivity contribution in [1.29, 1.82) is 0 Å². The number of nitrogens with one attached hydrogen (secondary N) is 2. The van der Waals surface area contributed by atoms with Crippen LogP contribution in [0.25, 0.3) is 11.4 Å². The molecule has 0 bridgehead atoms. The molecule has 0 spiro atoms. The SMILES string of the molecule is O=c1[nH]nc(-c2cccnc2)[nH]1. The third-order valence-electron chi connectivity index (χ3n) is 1.44. The zero-order chi connectivity index (χ0) is 8.39. The van der Waals surface area contributed by atoms with E-state index < -0.39 is 0 Å². The van der Waals surface area contributed by atoms with Crippen LogP contribution in [0.3, 0.4) is 0 Å². The number of nitrogens with zero attached hydrogens (tertiary/aromatic N) is 2. The van der Waals surface area contributed by atoms with Crippen molar-refractivity contribution < 1.29 is 0 Å².